The first-order valence-corrected chi connectivity index (χ1v) is 8.28. The second-order valence-electron chi connectivity index (χ2n) is 5.90. The molecule has 0 fully saturated rings. The SMILES string of the molecule is O=C(NCCC(O)c1ccccc1)c1ccc(Cn2ccnc2)cc1. The molecule has 2 aromatic carbocycles. The van der Waals surface area contributed by atoms with Gasteiger partial charge in [-0.25, -0.2) is 4.98 Å². The van der Waals surface area contributed by atoms with E-state index in [2.05, 4.69) is 10.3 Å². The van der Waals surface area contributed by atoms with Crippen molar-refractivity contribution in [1.29, 1.82) is 0 Å². The van der Waals surface area contributed by atoms with E-state index in [1.807, 2.05) is 65.4 Å². The van der Waals surface area contributed by atoms with E-state index >= 15 is 0 Å². The molecule has 0 radical (unpaired) electrons. The summed E-state index contributed by atoms with van der Waals surface area (Å²) in [5.74, 6) is -0.130. The first-order chi connectivity index (χ1) is 12.2. The van der Waals surface area contributed by atoms with E-state index in [-0.39, 0.29) is 5.91 Å². The van der Waals surface area contributed by atoms with Gasteiger partial charge in [-0.2, -0.15) is 0 Å². The Labute approximate surface area is 147 Å². The second kappa shape index (κ2) is 8.26. The maximum Gasteiger partial charge on any atom is 0.251 e. The van der Waals surface area contributed by atoms with Crippen LogP contribution in [0.25, 0.3) is 0 Å². The van der Waals surface area contributed by atoms with E-state index in [0.717, 1.165) is 17.7 Å². The van der Waals surface area contributed by atoms with Gasteiger partial charge in [0, 0.05) is 31.0 Å². The van der Waals surface area contributed by atoms with E-state index < -0.39 is 6.10 Å². The summed E-state index contributed by atoms with van der Waals surface area (Å²) in [6, 6.07) is 17.0. The number of carbonyl (C=O) groups excluding carboxylic acids is 1. The number of hydrogen-bond acceptors (Lipinski definition) is 3. The van der Waals surface area contributed by atoms with Crippen LogP contribution in [0.5, 0.6) is 0 Å². The molecule has 0 aliphatic carbocycles. The molecular formula is C20H21N3O2. The summed E-state index contributed by atoms with van der Waals surface area (Å²) < 4.78 is 1.97. The number of nitrogens with zero attached hydrogens (tertiary/aromatic N) is 2. The Hall–Kier alpha value is -2.92. The fraction of sp³-hybridized carbons (Fsp3) is 0.200. The van der Waals surface area contributed by atoms with Crippen LogP contribution in [0.2, 0.25) is 0 Å². The maximum absolute atomic E-state index is 12.2. The van der Waals surface area contributed by atoms with Crippen molar-refractivity contribution in [2.75, 3.05) is 6.54 Å². The number of rotatable bonds is 7. The average molecular weight is 335 g/mol. The number of imidazole rings is 1. The average Bonchev–Trinajstić information content (AvgIpc) is 3.16. The van der Waals surface area contributed by atoms with Crippen LogP contribution in [0.4, 0.5) is 0 Å². The number of amides is 1. The summed E-state index contributed by atoms with van der Waals surface area (Å²) in [7, 11) is 0. The highest BCUT2D eigenvalue weighted by atomic mass is 16.3. The lowest BCUT2D eigenvalue weighted by atomic mass is 10.1. The minimum Gasteiger partial charge on any atom is -0.388 e. The van der Waals surface area contributed by atoms with E-state index in [0.29, 0.717) is 18.5 Å². The summed E-state index contributed by atoms with van der Waals surface area (Å²) in [5, 5.41) is 13.0. The minimum absolute atomic E-state index is 0.130. The van der Waals surface area contributed by atoms with E-state index in [1.54, 1.807) is 12.5 Å². The van der Waals surface area contributed by atoms with E-state index in [9.17, 15) is 9.90 Å². The molecule has 0 bridgehead atoms. The Balaban J connectivity index is 1.48. The first-order valence-electron chi connectivity index (χ1n) is 8.28. The van der Waals surface area contributed by atoms with Gasteiger partial charge in [-0.15, -0.1) is 0 Å². The zero-order valence-electron chi connectivity index (χ0n) is 13.9. The molecular weight excluding hydrogens is 314 g/mol. The lowest BCUT2D eigenvalue weighted by Gasteiger charge is -2.12. The molecule has 0 aliphatic heterocycles. The smallest absolute Gasteiger partial charge is 0.251 e. The summed E-state index contributed by atoms with van der Waals surface area (Å²) in [4.78, 5) is 16.2. The topological polar surface area (TPSA) is 67.2 Å². The number of aliphatic hydroxyl groups is 1. The van der Waals surface area contributed by atoms with Gasteiger partial charge in [0.25, 0.3) is 5.91 Å². The lowest BCUT2D eigenvalue weighted by Crippen LogP contribution is -2.25. The van der Waals surface area contributed by atoms with E-state index in [4.69, 9.17) is 0 Å². The van der Waals surface area contributed by atoms with Crippen LogP contribution in [0.1, 0.15) is 34.0 Å². The zero-order chi connectivity index (χ0) is 17.5. The Kier molecular flexibility index (Phi) is 5.59. The summed E-state index contributed by atoms with van der Waals surface area (Å²) in [5.41, 5.74) is 2.58. The van der Waals surface area contributed by atoms with Crippen molar-refractivity contribution >= 4 is 5.91 Å². The van der Waals surface area contributed by atoms with Crippen molar-refractivity contribution in [3.05, 3.63) is 90.0 Å². The predicted octanol–water partition coefficient (Wildman–Crippen LogP) is 2.78. The molecule has 5 heteroatoms. The van der Waals surface area contributed by atoms with Crippen LogP contribution in [-0.2, 0) is 6.54 Å². The van der Waals surface area contributed by atoms with Gasteiger partial charge in [0.2, 0.25) is 0 Å². The third kappa shape index (κ3) is 4.78. The van der Waals surface area contributed by atoms with Crippen molar-refractivity contribution in [2.24, 2.45) is 0 Å². The Morgan fingerprint density at radius 1 is 1.12 bits per heavy atom. The zero-order valence-corrected chi connectivity index (χ0v) is 13.9. The number of hydrogen-bond donors (Lipinski definition) is 2. The van der Waals surface area contributed by atoms with Gasteiger partial charge in [-0.1, -0.05) is 42.5 Å². The van der Waals surface area contributed by atoms with Gasteiger partial charge >= 0.3 is 0 Å². The highest BCUT2D eigenvalue weighted by molar-refractivity contribution is 5.94. The standard InChI is InChI=1S/C20H21N3O2/c24-19(17-4-2-1-3-5-17)10-11-22-20(25)18-8-6-16(7-9-18)14-23-13-12-21-15-23/h1-9,12-13,15,19,24H,10-11,14H2,(H,22,25). The van der Waals surface area contributed by atoms with Crippen molar-refractivity contribution in [3.63, 3.8) is 0 Å². The third-order valence-corrected chi connectivity index (χ3v) is 4.03. The van der Waals surface area contributed by atoms with Crippen molar-refractivity contribution in [2.45, 2.75) is 19.1 Å². The number of nitrogens with one attached hydrogen (secondary N) is 1. The predicted molar refractivity (Wildman–Crippen MR) is 96.1 cm³/mol. The monoisotopic (exact) mass is 335 g/mol. The fourth-order valence-electron chi connectivity index (χ4n) is 2.62. The minimum atomic E-state index is -0.570. The van der Waals surface area contributed by atoms with Crippen LogP contribution in [0.15, 0.2) is 73.3 Å². The van der Waals surface area contributed by atoms with Crippen molar-refractivity contribution in [3.8, 4) is 0 Å². The van der Waals surface area contributed by atoms with Crippen LogP contribution < -0.4 is 5.32 Å². The van der Waals surface area contributed by atoms with Crippen molar-refractivity contribution in [1.82, 2.24) is 14.9 Å². The van der Waals surface area contributed by atoms with Gasteiger partial charge < -0.3 is 15.0 Å². The molecule has 2 N–H and O–H groups in total. The van der Waals surface area contributed by atoms with Crippen LogP contribution in [0, 0.1) is 0 Å². The quantitative estimate of drug-likeness (QED) is 0.698. The molecule has 1 amide bonds. The molecule has 3 rings (SSSR count). The highest BCUT2D eigenvalue weighted by Gasteiger charge is 2.09. The fourth-order valence-corrected chi connectivity index (χ4v) is 2.62. The largest absolute Gasteiger partial charge is 0.388 e. The molecule has 5 nitrogen and oxygen atoms in total. The van der Waals surface area contributed by atoms with Gasteiger partial charge in [0.15, 0.2) is 0 Å². The molecule has 1 heterocycles. The second-order valence-corrected chi connectivity index (χ2v) is 5.90. The van der Waals surface area contributed by atoms with E-state index in [1.165, 1.54) is 0 Å². The van der Waals surface area contributed by atoms with Crippen LogP contribution in [0.3, 0.4) is 0 Å². The van der Waals surface area contributed by atoms with Gasteiger partial charge in [0.1, 0.15) is 0 Å². The lowest BCUT2D eigenvalue weighted by molar-refractivity contribution is 0.0942. The third-order valence-electron chi connectivity index (χ3n) is 4.03. The summed E-state index contributed by atoms with van der Waals surface area (Å²) in [6.07, 6.45) is 5.32. The number of carbonyl (C=O) groups is 1. The normalized spacial score (nSPS) is 11.9. The van der Waals surface area contributed by atoms with Crippen LogP contribution >= 0.6 is 0 Å². The Morgan fingerprint density at radius 2 is 1.88 bits per heavy atom. The molecule has 1 unspecified atom stereocenters. The molecule has 1 atom stereocenters. The first kappa shape index (κ1) is 16.9. The maximum atomic E-state index is 12.2. The van der Waals surface area contributed by atoms with Gasteiger partial charge in [-0.05, 0) is 29.7 Å². The number of benzene rings is 2. The molecule has 0 spiro atoms. The Bertz CT molecular complexity index is 784. The molecule has 25 heavy (non-hydrogen) atoms. The van der Waals surface area contributed by atoms with Crippen molar-refractivity contribution < 1.29 is 9.90 Å². The Morgan fingerprint density at radius 3 is 2.56 bits per heavy atom. The molecule has 0 saturated heterocycles. The molecule has 0 saturated carbocycles. The molecule has 0 aliphatic rings. The number of aliphatic hydroxyl groups excluding tert-OH is 1. The summed E-state index contributed by atoms with van der Waals surface area (Å²) in [6.45, 7) is 1.15. The number of aromatic nitrogens is 2. The summed E-state index contributed by atoms with van der Waals surface area (Å²) >= 11 is 0. The van der Waals surface area contributed by atoms with Crippen LogP contribution in [-0.4, -0.2) is 27.1 Å². The van der Waals surface area contributed by atoms with Gasteiger partial charge in [0.05, 0.1) is 12.4 Å². The van der Waals surface area contributed by atoms with Gasteiger partial charge in [-0.3, -0.25) is 4.79 Å². The molecule has 128 valence electrons. The molecule has 1 aromatic heterocycles. The molecule has 3 aromatic rings. The highest BCUT2D eigenvalue weighted by Crippen LogP contribution is 2.15.